The van der Waals surface area contributed by atoms with Gasteiger partial charge in [0.15, 0.2) is 0 Å². The van der Waals surface area contributed by atoms with E-state index in [-0.39, 0.29) is 5.56 Å². The van der Waals surface area contributed by atoms with E-state index in [1.165, 1.54) is 0 Å². The van der Waals surface area contributed by atoms with E-state index < -0.39 is 5.56 Å². The average molecular weight is 345 g/mol. The third-order valence-electron chi connectivity index (χ3n) is 2.87. The van der Waals surface area contributed by atoms with Gasteiger partial charge in [0, 0.05) is 21.3 Å². The average Bonchev–Trinajstić information content (AvgIpc) is 2.45. The first-order valence-corrected chi connectivity index (χ1v) is 7.03. The van der Waals surface area contributed by atoms with Crippen LogP contribution in [0.5, 0.6) is 5.75 Å². The second-order valence-electron chi connectivity index (χ2n) is 4.42. The number of nitrogens with zero attached hydrogens (tertiary/aromatic N) is 1. The Morgan fingerprint density at radius 1 is 1.43 bits per heavy atom. The highest BCUT2D eigenvalue weighted by molar-refractivity contribution is 9.10. The van der Waals surface area contributed by atoms with Crippen LogP contribution in [-0.2, 0) is 0 Å². The lowest BCUT2D eigenvalue weighted by Crippen LogP contribution is -2.13. The minimum absolute atomic E-state index is 0.0714. The van der Waals surface area contributed by atoms with Crippen molar-refractivity contribution in [3.8, 4) is 22.9 Å². The van der Waals surface area contributed by atoms with Crippen LogP contribution in [0, 0.1) is 18.3 Å². The van der Waals surface area contributed by atoms with Crippen LogP contribution < -0.4 is 10.3 Å². The summed E-state index contributed by atoms with van der Waals surface area (Å²) >= 11 is 3.40. The molecule has 0 saturated heterocycles. The zero-order valence-corrected chi connectivity index (χ0v) is 13.0. The van der Waals surface area contributed by atoms with Gasteiger partial charge in [-0.1, -0.05) is 28.6 Å². The van der Waals surface area contributed by atoms with Crippen molar-refractivity contribution in [1.82, 2.24) is 4.98 Å². The van der Waals surface area contributed by atoms with E-state index in [1.807, 2.05) is 18.2 Å². The van der Waals surface area contributed by atoms with Crippen LogP contribution in [0.2, 0.25) is 0 Å². The van der Waals surface area contributed by atoms with Gasteiger partial charge in [-0.2, -0.15) is 5.26 Å². The summed E-state index contributed by atoms with van der Waals surface area (Å²) in [6, 6.07) is 9.18. The number of rotatable bonds is 4. The minimum Gasteiger partial charge on any atom is -0.489 e. The van der Waals surface area contributed by atoms with Gasteiger partial charge in [-0.05, 0) is 31.2 Å². The van der Waals surface area contributed by atoms with Gasteiger partial charge in [0.05, 0.1) is 0 Å². The Hall–Kier alpha value is -2.32. The molecular weight excluding hydrogens is 332 g/mol. The van der Waals surface area contributed by atoms with Gasteiger partial charge in [-0.3, -0.25) is 4.79 Å². The molecule has 0 aliphatic heterocycles. The highest BCUT2D eigenvalue weighted by atomic mass is 79.9. The van der Waals surface area contributed by atoms with Crippen LogP contribution in [0.15, 0.2) is 46.2 Å². The normalized spacial score (nSPS) is 9.95. The highest BCUT2D eigenvalue weighted by Gasteiger charge is 2.15. The van der Waals surface area contributed by atoms with Crippen molar-refractivity contribution in [2.45, 2.75) is 6.92 Å². The second kappa shape index (κ2) is 6.42. The van der Waals surface area contributed by atoms with Gasteiger partial charge >= 0.3 is 0 Å². The van der Waals surface area contributed by atoms with Crippen molar-refractivity contribution in [3.63, 3.8) is 0 Å². The highest BCUT2D eigenvalue weighted by Crippen LogP contribution is 2.34. The van der Waals surface area contributed by atoms with Gasteiger partial charge in [-0.25, -0.2) is 0 Å². The third-order valence-corrected chi connectivity index (χ3v) is 3.36. The van der Waals surface area contributed by atoms with Crippen molar-refractivity contribution >= 4 is 15.9 Å². The molecule has 106 valence electrons. The van der Waals surface area contributed by atoms with Crippen LogP contribution >= 0.6 is 15.9 Å². The molecule has 5 heteroatoms. The molecule has 1 aromatic heterocycles. The number of aryl methyl sites for hydroxylation is 1. The summed E-state index contributed by atoms with van der Waals surface area (Å²) in [5, 5.41) is 9.25. The summed E-state index contributed by atoms with van der Waals surface area (Å²) in [6.07, 6.45) is 1.64. The molecule has 0 aliphatic rings. The van der Waals surface area contributed by atoms with Gasteiger partial charge in [0.1, 0.15) is 24.0 Å². The predicted molar refractivity (Wildman–Crippen MR) is 85.3 cm³/mol. The van der Waals surface area contributed by atoms with Crippen molar-refractivity contribution in [3.05, 3.63) is 63.0 Å². The van der Waals surface area contributed by atoms with Crippen molar-refractivity contribution < 1.29 is 4.74 Å². The maximum atomic E-state index is 11.9. The lowest BCUT2D eigenvalue weighted by molar-refractivity contribution is 0.364. The number of aromatic amines is 1. The van der Waals surface area contributed by atoms with Gasteiger partial charge in [-0.15, -0.1) is 0 Å². The number of halogens is 1. The maximum absolute atomic E-state index is 11.9. The summed E-state index contributed by atoms with van der Waals surface area (Å²) in [5.41, 5.74) is 1.60. The van der Waals surface area contributed by atoms with E-state index in [4.69, 9.17) is 4.74 Å². The van der Waals surface area contributed by atoms with E-state index in [9.17, 15) is 10.1 Å². The molecule has 0 unspecified atom stereocenters. The Kier molecular flexibility index (Phi) is 4.61. The van der Waals surface area contributed by atoms with E-state index >= 15 is 0 Å². The molecule has 0 amide bonds. The van der Waals surface area contributed by atoms with Crippen LogP contribution in [-0.4, -0.2) is 11.6 Å². The third kappa shape index (κ3) is 3.23. The molecule has 0 radical (unpaired) electrons. The largest absolute Gasteiger partial charge is 0.489 e. The molecule has 0 spiro atoms. The predicted octanol–water partition coefficient (Wildman–Crippen LogP) is 3.55. The first kappa shape index (κ1) is 15.1. The molecule has 2 aromatic rings. The van der Waals surface area contributed by atoms with E-state index in [0.29, 0.717) is 29.2 Å². The Labute approximate surface area is 130 Å². The zero-order chi connectivity index (χ0) is 15.4. The molecule has 4 nitrogen and oxygen atoms in total. The lowest BCUT2D eigenvalue weighted by atomic mass is 10.00. The SMILES string of the molecule is C=CCOc1ccc(Br)cc1-c1cc(C)[nH]c(=O)c1C#N. The molecule has 0 aliphatic carbocycles. The molecule has 0 bridgehead atoms. The fourth-order valence-corrected chi connectivity index (χ4v) is 2.36. The molecule has 1 aromatic carbocycles. The summed E-state index contributed by atoms with van der Waals surface area (Å²) < 4.78 is 6.45. The molecule has 1 heterocycles. The van der Waals surface area contributed by atoms with Crippen LogP contribution in [0.25, 0.3) is 11.1 Å². The Morgan fingerprint density at radius 3 is 2.86 bits per heavy atom. The summed E-state index contributed by atoms with van der Waals surface area (Å²) in [7, 11) is 0. The number of nitrogens with one attached hydrogen (secondary N) is 1. The first-order chi connectivity index (χ1) is 10.1. The van der Waals surface area contributed by atoms with Crippen molar-refractivity contribution in [2.75, 3.05) is 6.61 Å². The molecule has 21 heavy (non-hydrogen) atoms. The smallest absolute Gasteiger partial charge is 0.266 e. The molecule has 0 fully saturated rings. The van der Waals surface area contributed by atoms with Gasteiger partial charge in [0.2, 0.25) is 0 Å². The molecule has 0 saturated carbocycles. The van der Waals surface area contributed by atoms with E-state index in [0.717, 1.165) is 4.47 Å². The topological polar surface area (TPSA) is 65.9 Å². The second-order valence-corrected chi connectivity index (χ2v) is 5.34. The number of nitriles is 1. The number of aromatic nitrogens is 1. The summed E-state index contributed by atoms with van der Waals surface area (Å²) in [6.45, 7) is 5.73. The number of hydrogen-bond donors (Lipinski definition) is 1. The summed E-state index contributed by atoms with van der Waals surface area (Å²) in [4.78, 5) is 14.6. The number of ether oxygens (including phenoxy) is 1. The quantitative estimate of drug-likeness (QED) is 0.862. The van der Waals surface area contributed by atoms with Crippen molar-refractivity contribution in [2.24, 2.45) is 0 Å². The Morgan fingerprint density at radius 2 is 2.19 bits per heavy atom. The fraction of sp³-hybridized carbons (Fsp3) is 0.125. The number of benzene rings is 1. The van der Waals surface area contributed by atoms with E-state index in [1.54, 1.807) is 25.1 Å². The number of hydrogen-bond acceptors (Lipinski definition) is 3. The number of H-pyrrole nitrogens is 1. The molecule has 2 rings (SSSR count). The van der Waals surface area contributed by atoms with Crippen LogP contribution in [0.1, 0.15) is 11.3 Å². The van der Waals surface area contributed by atoms with Gasteiger partial charge < -0.3 is 9.72 Å². The fourth-order valence-electron chi connectivity index (χ4n) is 2.00. The molecule has 1 N–H and O–H groups in total. The Balaban J connectivity index is 2.71. The Bertz CT molecular complexity index is 788. The van der Waals surface area contributed by atoms with Crippen LogP contribution in [0.4, 0.5) is 0 Å². The van der Waals surface area contributed by atoms with Crippen LogP contribution in [0.3, 0.4) is 0 Å². The van der Waals surface area contributed by atoms with E-state index in [2.05, 4.69) is 27.5 Å². The lowest BCUT2D eigenvalue weighted by Gasteiger charge is -2.12. The van der Waals surface area contributed by atoms with Gasteiger partial charge in [0.25, 0.3) is 5.56 Å². The standard InChI is InChI=1S/C16H13BrN2O2/c1-3-6-21-15-5-4-11(17)8-13(15)12-7-10(2)19-16(20)14(12)9-18/h3-5,7-8H,1,6H2,2H3,(H,19,20). The summed E-state index contributed by atoms with van der Waals surface area (Å²) in [5.74, 6) is 0.597. The maximum Gasteiger partial charge on any atom is 0.266 e. The molecule has 0 atom stereocenters. The minimum atomic E-state index is -0.401. The zero-order valence-electron chi connectivity index (χ0n) is 11.4. The molecular formula is C16H13BrN2O2. The number of pyridine rings is 1. The first-order valence-electron chi connectivity index (χ1n) is 6.24. The van der Waals surface area contributed by atoms with Crippen molar-refractivity contribution in [1.29, 1.82) is 5.26 Å². The monoisotopic (exact) mass is 344 g/mol.